The van der Waals surface area contributed by atoms with Crippen molar-refractivity contribution in [1.29, 1.82) is 0 Å². The topological polar surface area (TPSA) is 41.6 Å². The van der Waals surface area contributed by atoms with Crippen LogP contribution in [0.3, 0.4) is 0 Å². The van der Waals surface area contributed by atoms with E-state index in [1.54, 1.807) is 0 Å². The van der Waals surface area contributed by atoms with Crippen LogP contribution in [-0.2, 0) is 6.42 Å². The molecule has 0 radical (unpaired) electrons. The maximum Gasteiger partial charge on any atom is 0.191 e. The number of guanidine groups is 1. The second kappa shape index (κ2) is 6.29. The number of nitrogens with two attached hydrogens (primary N) is 1. The van der Waals surface area contributed by atoms with E-state index in [0.29, 0.717) is 12.0 Å². The molecular formula is C17H25N3. The van der Waals surface area contributed by atoms with E-state index in [1.807, 2.05) is 0 Å². The van der Waals surface area contributed by atoms with Gasteiger partial charge in [-0.05, 0) is 37.2 Å². The molecule has 108 valence electrons. The molecule has 3 heteroatoms. The van der Waals surface area contributed by atoms with Gasteiger partial charge in [0, 0.05) is 13.1 Å². The molecule has 0 amide bonds. The minimum absolute atomic E-state index is 0.457. The van der Waals surface area contributed by atoms with Gasteiger partial charge in [-0.3, -0.25) is 0 Å². The van der Waals surface area contributed by atoms with Crippen molar-refractivity contribution in [3.63, 3.8) is 0 Å². The Morgan fingerprint density at radius 2 is 1.80 bits per heavy atom. The van der Waals surface area contributed by atoms with E-state index in [2.05, 4.69) is 35.2 Å². The molecule has 1 aromatic rings. The van der Waals surface area contributed by atoms with Crippen molar-refractivity contribution in [2.45, 2.75) is 44.6 Å². The molecular weight excluding hydrogens is 246 g/mol. The average Bonchev–Trinajstić information content (AvgIpc) is 3.23. The first kappa shape index (κ1) is 13.5. The zero-order chi connectivity index (χ0) is 13.8. The molecule has 2 unspecified atom stereocenters. The highest BCUT2D eigenvalue weighted by Gasteiger charge is 2.37. The minimum Gasteiger partial charge on any atom is -0.370 e. The number of benzene rings is 1. The van der Waals surface area contributed by atoms with Crippen LogP contribution in [0.15, 0.2) is 35.3 Å². The zero-order valence-electron chi connectivity index (χ0n) is 12.2. The predicted octanol–water partition coefficient (Wildman–Crippen LogP) is 2.81. The molecule has 3 nitrogen and oxygen atoms in total. The standard InChI is InChI=1S/C17H25N3/c18-17(20-10-6-1-2-7-11-20)19-16-13-15(16)12-14-8-4-3-5-9-14/h3-5,8-9,15-16H,1-2,6-7,10-13H2,(H2,18,19). The van der Waals surface area contributed by atoms with Crippen LogP contribution in [0.1, 0.15) is 37.7 Å². The molecule has 2 atom stereocenters. The van der Waals surface area contributed by atoms with Crippen molar-refractivity contribution in [3.05, 3.63) is 35.9 Å². The summed E-state index contributed by atoms with van der Waals surface area (Å²) in [5.41, 5.74) is 7.61. The number of hydrogen-bond acceptors (Lipinski definition) is 1. The molecule has 1 aliphatic heterocycles. The summed E-state index contributed by atoms with van der Waals surface area (Å²) in [6.45, 7) is 2.18. The van der Waals surface area contributed by atoms with Crippen LogP contribution in [-0.4, -0.2) is 30.0 Å². The Hall–Kier alpha value is -1.51. The molecule has 1 aromatic carbocycles. The number of aliphatic imine (C=N–C) groups is 1. The Morgan fingerprint density at radius 3 is 2.50 bits per heavy atom. The fourth-order valence-corrected chi connectivity index (χ4v) is 3.08. The van der Waals surface area contributed by atoms with Gasteiger partial charge in [0.2, 0.25) is 0 Å². The smallest absolute Gasteiger partial charge is 0.191 e. The van der Waals surface area contributed by atoms with Gasteiger partial charge in [-0.2, -0.15) is 0 Å². The summed E-state index contributed by atoms with van der Waals surface area (Å²) in [5.74, 6) is 1.48. The van der Waals surface area contributed by atoms with Gasteiger partial charge >= 0.3 is 0 Å². The highest BCUT2D eigenvalue weighted by atomic mass is 15.3. The van der Waals surface area contributed by atoms with Crippen molar-refractivity contribution in [2.24, 2.45) is 16.6 Å². The number of likely N-dealkylation sites (tertiary alicyclic amines) is 1. The van der Waals surface area contributed by atoms with Gasteiger partial charge in [0.05, 0.1) is 6.04 Å². The first-order valence-corrected chi connectivity index (χ1v) is 7.95. The summed E-state index contributed by atoms with van der Waals surface area (Å²) in [4.78, 5) is 7.03. The maximum atomic E-state index is 6.19. The molecule has 1 saturated carbocycles. The third kappa shape index (κ3) is 3.53. The number of hydrogen-bond donors (Lipinski definition) is 1. The monoisotopic (exact) mass is 271 g/mol. The quantitative estimate of drug-likeness (QED) is 0.678. The van der Waals surface area contributed by atoms with Crippen LogP contribution >= 0.6 is 0 Å². The van der Waals surface area contributed by atoms with Crippen molar-refractivity contribution >= 4 is 5.96 Å². The van der Waals surface area contributed by atoms with E-state index < -0.39 is 0 Å². The van der Waals surface area contributed by atoms with Crippen molar-refractivity contribution < 1.29 is 0 Å². The van der Waals surface area contributed by atoms with E-state index >= 15 is 0 Å². The lowest BCUT2D eigenvalue weighted by atomic mass is 10.1. The summed E-state index contributed by atoms with van der Waals surface area (Å²) in [6.07, 6.45) is 7.53. The molecule has 2 fully saturated rings. The first-order valence-electron chi connectivity index (χ1n) is 7.95. The van der Waals surface area contributed by atoms with Crippen LogP contribution in [0, 0.1) is 5.92 Å². The lowest BCUT2D eigenvalue weighted by Gasteiger charge is -2.21. The molecule has 1 aliphatic carbocycles. The van der Waals surface area contributed by atoms with Crippen molar-refractivity contribution in [2.75, 3.05) is 13.1 Å². The SMILES string of the molecule is NC(=NC1CC1Cc1ccccc1)N1CCCCCC1. The molecule has 1 heterocycles. The fraction of sp³-hybridized carbons (Fsp3) is 0.588. The number of rotatable bonds is 3. The molecule has 1 saturated heterocycles. The Labute approximate surface area is 121 Å². The Balaban J connectivity index is 1.52. The summed E-state index contributed by atoms with van der Waals surface area (Å²) < 4.78 is 0. The van der Waals surface area contributed by atoms with Crippen LogP contribution in [0.4, 0.5) is 0 Å². The van der Waals surface area contributed by atoms with Gasteiger partial charge in [0.15, 0.2) is 5.96 Å². The second-order valence-electron chi connectivity index (χ2n) is 6.14. The number of nitrogens with zero attached hydrogens (tertiary/aromatic N) is 2. The minimum atomic E-state index is 0.457. The van der Waals surface area contributed by atoms with E-state index in [4.69, 9.17) is 10.7 Å². The molecule has 3 rings (SSSR count). The van der Waals surface area contributed by atoms with Gasteiger partial charge in [-0.15, -0.1) is 0 Å². The van der Waals surface area contributed by atoms with Crippen molar-refractivity contribution in [1.82, 2.24) is 4.90 Å². The molecule has 0 bridgehead atoms. The van der Waals surface area contributed by atoms with Gasteiger partial charge in [0.25, 0.3) is 0 Å². The summed E-state index contributed by atoms with van der Waals surface area (Å²) in [7, 11) is 0. The van der Waals surface area contributed by atoms with Crippen LogP contribution in [0.5, 0.6) is 0 Å². The molecule has 20 heavy (non-hydrogen) atoms. The van der Waals surface area contributed by atoms with Crippen LogP contribution in [0.2, 0.25) is 0 Å². The highest BCUT2D eigenvalue weighted by Crippen LogP contribution is 2.37. The molecule has 0 spiro atoms. The van der Waals surface area contributed by atoms with Gasteiger partial charge in [-0.1, -0.05) is 43.2 Å². The van der Waals surface area contributed by atoms with E-state index in [0.717, 1.165) is 25.5 Å². The third-order valence-electron chi connectivity index (χ3n) is 4.45. The maximum absolute atomic E-state index is 6.19. The highest BCUT2D eigenvalue weighted by molar-refractivity contribution is 5.78. The second-order valence-corrected chi connectivity index (χ2v) is 6.14. The lowest BCUT2D eigenvalue weighted by Crippen LogP contribution is -2.38. The average molecular weight is 271 g/mol. The van der Waals surface area contributed by atoms with Crippen molar-refractivity contribution in [3.8, 4) is 0 Å². The van der Waals surface area contributed by atoms with E-state index in [9.17, 15) is 0 Å². The Bertz CT molecular complexity index is 447. The summed E-state index contributed by atoms with van der Waals surface area (Å²) >= 11 is 0. The van der Waals surface area contributed by atoms with E-state index in [1.165, 1.54) is 37.7 Å². The molecule has 2 N–H and O–H groups in total. The van der Waals surface area contributed by atoms with Gasteiger partial charge in [0.1, 0.15) is 0 Å². The fourth-order valence-electron chi connectivity index (χ4n) is 3.08. The van der Waals surface area contributed by atoms with Crippen LogP contribution in [0.25, 0.3) is 0 Å². The van der Waals surface area contributed by atoms with Gasteiger partial charge in [-0.25, -0.2) is 4.99 Å². The normalized spacial score (nSPS) is 27.2. The summed E-state index contributed by atoms with van der Waals surface area (Å²) in [6, 6.07) is 11.2. The Kier molecular flexibility index (Phi) is 4.24. The first-order chi connectivity index (χ1) is 9.83. The molecule has 0 aromatic heterocycles. The Morgan fingerprint density at radius 1 is 1.10 bits per heavy atom. The van der Waals surface area contributed by atoms with Crippen LogP contribution < -0.4 is 5.73 Å². The molecule has 2 aliphatic rings. The van der Waals surface area contributed by atoms with Gasteiger partial charge < -0.3 is 10.6 Å². The summed E-state index contributed by atoms with van der Waals surface area (Å²) in [5, 5.41) is 0. The predicted molar refractivity (Wildman–Crippen MR) is 83.7 cm³/mol. The third-order valence-corrected chi connectivity index (χ3v) is 4.45. The van der Waals surface area contributed by atoms with E-state index in [-0.39, 0.29) is 0 Å². The zero-order valence-corrected chi connectivity index (χ0v) is 12.2. The largest absolute Gasteiger partial charge is 0.370 e. The lowest BCUT2D eigenvalue weighted by molar-refractivity contribution is 0.428.